The van der Waals surface area contributed by atoms with Gasteiger partial charge in [-0.05, 0) is 37.5 Å². The Morgan fingerprint density at radius 3 is 2.50 bits per heavy atom. The van der Waals surface area contributed by atoms with E-state index in [1.165, 1.54) is 18.4 Å². The van der Waals surface area contributed by atoms with Crippen LogP contribution in [-0.2, 0) is 6.42 Å². The quantitative estimate of drug-likeness (QED) is 0.831. The molecule has 3 atom stereocenters. The molecule has 1 aliphatic rings. The van der Waals surface area contributed by atoms with Crippen molar-refractivity contribution in [2.24, 2.45) is 11.8 Å². The third-order valence-corrected chi connectivity index (χ3v) is 4.63. The van der Waals surface area contributed by atoms with Crippen LogP contribution < -0.4 is 10.6 Å². The van der Waals surface area contributed by atoms with E-state index in [9.17, 15) is 0 Å². The van der Waals surface area contributed by atoms with E-state index >= 15 is 0 Å². The lowest BCUT2D eigenvalue weighted by atomic mass is 9.97. The van der Waals surface area contributed by atoms with Crippen LogP contribution in [0.15, 0.2) is 6.33 Å². The fourth-order valence-electron chi connectivity index (χ4n) is 3.01. The molecule has 0 radical (unpaired) electrons. The first-order valence-corrected chi connectivity index (χ1v) is 8.01. The molecule has 1 aliphatic carbocycles. The first-order valence-electron chi connectivity index (χ1n) is 8.01. The Morgan fingerprint density at radius 2 is 1.90 bits per heavy atom. The van der Waals surface area contributed by atoms with Crippen molar-refractivity contribution in [2.45, 2.75) is 59.4 Å². The molecule has 0 saturated heterocycles. The maximum absolute atomic E-state index is 4.48. The Labute approximate surface area is 122 Å². The zero-order chi connectivity index (χ0) is 14.5. The molecular formula is C16H28N4. The molecule has 0 aromatic carbocycles. The number of hydrogen-bond donors (Lipinski definition) is 2. The summed E-state index contributed by atoms with van der Waals surface area (Å²) in [4.78, 5) is 8.87. The van der Waals surface area contributed by atoms with Crippen molar-refractivity contribution in [3.63, 3.8) is 0 Å². The molecule has 0 spiro atoms. The SMILES string of the molecule is CCCNc1ncnc(NC2CCC(C)C2C)c1CC. The zero-order valence-electron chi connectivity index (χ0n) is 13.2. The topological polar surface area (TPSA) is 49.8 Å². The number of aromatic nitrogens is 2. The van der Waals surface area contributed by atoms with Crippen molar-refractivity contribution < 1.29 is 0 Å². The van der Waals surface area contributed by atoms with Crippen molar-refractivity contribution in [1.82, 2.24) is 9.97 Å². The Kier molecular flexibility index (Phi) is 5.21. The highest BCUT2D eigenvalue weighted by Crippen LogP contribution is 2.34. The van der Waals surface area contributed by atoms with Gasteiger partial charge in [0.1, 0.15) is 18.0 Å². The molecule has 0 amide bonds. The Morgan fingerprint density at radius 1 is 1.15 bits per heavy atom. The molecule has 4 nitrogen and oxygen atoms in total. The molecule has 2 rings (SSSR count). The van der Waals surface area contributed by atoms with Gasteiger partial charge in [0.25, 0.3) is 0 Å². The van der Waals surface area contributed by atoms with Crippen molar-refractivity contribution >= 4 is 11.6 Å². The molecule has 0 aliphatic heterocycles. The van der Waals surface area contributed by atoms with Gasteiger partial charge in [-0.2, -0.15) is 0 Å². The van der Waals surface area contributed by atoms with E-state index in [1.54, 1.807) is 6.33 Å². The fourth-order valence-corrected chi connectivity index (χ4v) is 3.01. The van der Waals surface area contributed by atoms with Gasteiger partial charge in [0.05, 0.1) is 0 Å². The summed E-state index contributed by atoms with van der Waals surface area (Å²) in [5.41, 5.74) is 1.22. The number of hydrogen-bond acceptors (Lipinski definition) is 4. The van der Waals surface area contributed by atoms with Crippen LogP contribution >= 0.6 is 0 Å². The lowest BCUT2D eigenvalue weighted by molar-refractivity contribution is 0.435. The van der Waals surface area contributed by atoms with Gasteiger partial charge in [-0.1, -0.05) is 27.7 Å². The minimum absolute atomic E-state index is 0.546. The predicted molar refractivity (Wildman–Crippen MR) is 85.2 cm³/mol. The second-order valence-electron chi connectivity index (χ2n) is 5.99. The summed E-state index contributed by atoms with van der Waals surface area (Å²) >= 11 is 0. The van der Waals surface area contributed by atoms with Crippen LogP contribution in [0.1, 0.15) is 52.5 Å². The molecule has 3 unspecified atom stereocenters. The molecule has 1 fully saturated rings. The summed E-state index contributed by atoms with van der Waals surface area (Å²) in [5, 5.41) is 7.07. The Hall–Kier alpha value is -1.32. The average Bonchev–Trinajstić information content (AvgIpc) is 2.77. The van der Waals surface area contributed by atoms with E-state index in [2.05, 4.69) is 48.3 Å². The predicted octanol–water partition coefficient (Wildman–Crippen LogP) is 3.71. The van der Waals surface area contributed by atoms with E-state index in [1.807, 2.05) is 0 Å². The first kappa shape index (κ1) is 15.1. The van der Waals surface area contributed by atoms with Gasteiger partial charge in [-0.15, -0.1) is 0 Å². The van der Waals surface area contributed by atoms with Gasteiger partial charge in [0.15, 0.2) is 0 Å². The largest absolute Gasteiger partial charge is 0.370 e. The summed E-state index contributed by atoms with van der Waals surface area (Å²) in [6.45, 7) is 9.99. The third kappa shape index (κ3) is 3.22. The van der Waals surface area contributed by atoms with Crippen LogP contribution in [0.3, 0.4) is 0 Å². The van der Waals surface area contributed by atoms with Crippen molar-refractivity contribution in [3.8, 4) is 0 Å². The van der Waals surface area contributed by atoms with Crippen LogP contribution in [0.25, 0.3) is 0 Å². The van der Waals surface area contributed by atoms with E-state index in [0.29, 0.717) is 12.0 Å². The summed E-state index contributed by atoms with van der Waals surface area (Å²) in [6, 6.07) is 0.546. The van der Waals surface area contributed by atoms with Gasteiger partial charge in [-0.25, -0.2) is 9.97 Å². The normalized spacial score (nSPS) is 25.7. The van der Waals surface area contributed by atoms with Gasteiger partial charge in [0.2, 0.25) is 0 Å². The molecular weight excluding hydrogens is 248 g/mol. The Bertz CT molecular complexity index is 432. The molecule has 1 saturated carbocycles. The minimum atomic E-state index is 0.546. The smallest absolute Gasteiger partial charge is 0.134 e. The molecule has 2 N–H and O–H groups in total. The Balaban J connectivity index is 2.14. The number of nitrogens with one attached hydrogen (secondary N) is 2. The molecule has 0 bridgehead atoms. The van der Waals surface area contributed by atoms with Gasteiger partial charge < -0.3 is 10.6 Å². The van der Waals surface area contributed by atoms with Crippen molar-refractivity contribution in [1.29, 1.82) is 0 Å². The number of nitrogens with zero attached hydrogens (tertiary/aromatic N) is 2. The average molecular weight is 276 g/mol. The highest BCUT2D eigenvalue weighted by Gasteiger charge is 2.30. The standard InChI is InChI=1S/C16H28N4/c1-5-9-17-15-13(6-2)16(19-10-18-15)20-14-8-7-11(3)12(14)4/h10-12,14H,5-9H2,1-4H3,(H2,17,18,19,20). The van der Waals surface area contributed by atoms with Crippen molar-refractivity contribution in [2.75, 3.05) is 17.2 Å². The molecule has 4 heteroatoms. The minimum Gasteiger partial charge on any atom is -0.370 e. The van der Waals surface area contributed by atoms with Gasteiger partial charge in [0, 0.05) is 18.2 Å². The maximum Gasteiger partial charge on any atom is 0.134 e. The molecule has 20 heavy (non-hydrogen) atoms. The monoisotopic (exact) mass is 276 g/mol. The van der Waals surface area contributed by atoms with Gasteiger partial charge in [-0.3, -0.25) is 0 Å². The molecule has 112 valence electrons. The highest BCUT2D eigenvalue weighted by atomic mass is 15.1. The highest BCUT2D eigenvalue weighted by molar-refractivity contribution is 5.57. The third-order valence-electron chi connectivity index (χ3n) is 4.63. The zero-order valence-corrected chi connectivity index (χ0v) is 13.2. The van der Waals surface area contributed by atoms with Crippen LogP contribution in [0.4, 0.5) is 11.6 Å². The van der Waals surface area contributed by atoms with E-state index in [-0.39, 0.29) is 0 Å². The van der Waals surface area contributed by atoms with E-state index < -0.39 is 0 Å². The van der Waals surface area contributed by atoms with Crippen LogP contribution in [0.2, 0.25) is 0 Å². The van der Waals surface area contributed by atoms with Crippen molar-refractivity contribution in [3.05, 3.63) is 11.9 Å². The second kappa shape index (κ2) is 6.91. The number of rotatable bonds is 6. The molecule has 1 aromatic heterocycles. The van der Waals surface area contributed by atoms with Gasteiger partial charge >= 0.3 is 0 Å². The van der Waals surface area contributed by atoms with Crippen LogP contribution in [0.5, 0.6) is 0 Å². The summed E-state index contributed by atoms with van der Waals surface area (Å²) in [5.74, 6) is 3.52. The summed E-state index contributed by atoms with van der Waals surface area (Å²) < 4.78 is 0. The fraction of sp³-hybridized carbons (Fsp3) is 0.750. The summed E-state index contributed by atoms with van der Waals surface area (Å²) in [6.07, 6.45) is 6.28. The summed E-state index contributed by atoms with van der Waals surface area (Å²) in [7, 11) is 0. The lowest BCUT2D eigenvalue weighted by Gasteiger charge is -2.22. The van der Waals surface area contributed by atoms with Crippen LogP contribution in [0, 0.1) is 11.8 Å². The van der Waals surface area contributed by atoms with Crippen LogP contribution in [-0.4, -0.2) is 22.6 Å². The maximum atomic E-state index is 4.48. The molecule has 1 aromatic rings. The second-order valence-corrected chi connectivity index (χ2v) is 5.99. The molecule has 1 heterocycles. The first-order chi connectivity index (χ1) is 9.67. The van der Waals surface area contributed by atoms with E-state index in [4.69, 9.17) is 0 Å². The van der Waals surface area contributed by atoms with E-state index in [0.717, 1.165) is 36.9 Å². The number of anilines is 2. The lowest BCUT2D eigenvalue weighted by Crippen LogP contribution is -2.25.